The number of hydrogen-bond acceptors (Lipinski definition) is 8. The van der Waals surface area contributed by atoms with Gasteiger partial charge in [0.25, 0.3) is 0 Å². The van der Waals surface area contributed by atoms with Crippen LogP contribution in [0.1, 0.15) is 26.2 Å². The molecule has 13 nitrogen and oxygen atoms in total. The van der Waals surface area contributed by atoms with Crippen molar-refractivity contribution in [1.82, 2.24) is 16.0 Å². The summed E-state index contributed by atoms with van der Waals surface area (Å²) < 4.78 is 0. The molecule has 0 saturated heterocycles. The summed E-state index contributed by atoms with van der Waals surface area (Å²) in [6, 6.07) is -5.56. The fraction of sp³-hybridized carbons (Fsp3) is 0.625. The first-order valence-electron chi connectivity index (χ1n) is 8.71. The van der Waals surface area contributed by atoms with E-state index in [1.807, 2.05) is 5.32 Å². The summed E-state index contributed by atoms with van der Waals surface area (Å²) in [6.45, 7) is 1.33. The van der Waals surface area contributed by atoms with E-state index in [0.29, 0.717) is 5.75 Å². The molecule has 8 N–H and O–H groups in total. The topological polar surface area (TPSA) is 225 Å². The van der Waals surface area contributed by atoms with Crippen molar-refractivity contribution in [2.45, 2.75) is 50.4 Å². The van der Waals surface area contributed by atoms with E-state index >= 15 is 0 Å². The first kappa shape index (κ1) is 27.1. The molecule has 3 amide bonds. The summed E-state index contributed by atoms with van der Waals surface area (Å²) in [6.07, 6.45) is 0.102. The maximum absolute atomic E-state index is 12.5. The van der Waals surface area contributed by atoms with Crippen LogP contribution in [0.2, 0.25) is 0 Å². The minimum absolute atomic E-state index is 0.0409. The number of carbonyl (C=O) groups excluding carboxylic acids is 3. The molecule has 0 heterocycles. The van der Waals surface area contributed by atoms with Crippen LogP contribution in [0.5, 0.6) is 0 Å². The molecular weight excluding hydrogens is 424 g/mol. The zero-order valence-electron chi connectivity index (χ0n) is 16.4. The molecule has 0 bridgehead atoms. The molecule has 0 aromatic carbocycles. The summed E-state index contributed by atoms with van der Waals surface area (Å²) in [5.41, 5.74) is 5.39. The molecule has 14 heteroatoms. The lowest BCUT2D eigenvalue weighted by atomic mass is 10.1. The molecule has 4 unspecified atom stereocenters. The van der Waals surface area contributed by atoms with E-state index in [2.05, 4.69) is 10.6 Å². The lowest BCUT2D eigenvalue weighted by Gasteiger charge is -2.24. The van der Waals surface area contributed by atoms with Gasteiger partial charge in [-0.1, -0.05) is 0 Å². The molecule has 0 fully saturated rings. The molecule has 0 aromatic rings. The molecule has 0 saturated carbocycles. The van der Waals surface area contributed by atoms with Gasteiger partial charge in [-0.2, -0.15) is 11.8 Å². The second-order valence-corrected chi connectivity index (χ2v) is 7.27. The number of nitrogens with one attached hydrogen (secondary N) is 3. The highest BCUT2D eigenvalue weighted by Crippen LogP contribution is 2.05. The smallest absolute Gasteiger partial charge is 0.326 e. The Balaban J connectivity index is 5.42. The van der Waals surface area contributed by atoms with Crippen LogP contribution in [0.15, 0.2) is 0 Å². The molecule has 0 spiro atoms. The first-order chi connectivity index (χ1) is 13.9. The van der Waals surface area contributed by atoms with E-state index in [1.54, 1.807) is 6.26 Å². The van der Waals surface area contributed by atoms with Gasteiger partial charge < -0.3 is 37.0 Å². The molecule has 0 aliphatic heterocycles. The van der Waals surface area contributed by atoms with Crippen molar-refractivity contribution < 1.29 is 44.1 Å². The number of thioether (sulfide) groups is 1. The molecule has 0 aliphatic carbocycles. The Morgan fingerprint density at radius 1 is 0.800 bits per heavy atom. The molecule has 0 aliphatic rings. The van der Waals surface area contributed by atoms with Crippen LogP contribution in [-0.2, 0) is 28.8 Å². The maximum Gasteiger partial charge on any atom is 0.326 e. The quantitative estimate of drug-likeness (QED) is 0.147. The van der Waals surface area contributed by atoms with Crippen molar-refractivity contribution in [2.24, 2.45) is 5.73 Å². The second-order valence-electron chi connectivity index (χ2n) is 6.29. The Hall–Kier alpha value is -2.87. The summed E-state index contributed by atoms with van der Waals surface area (Å²) >= 11 is 1.32. The van der Waals surface area contributed by atoms with Gasteiger partial charge in [-0.15, -0.1) is 0 Å². The predicted molar refractivity (Wildman–Crippen MR) is 105 cm³/mol. The fourth-order valence-electron chi connectivity index (χ4n) is 2.11. The van der Waals surface area contributed by atoms with E-state index in [4.69, 9.17) is 21.1 Å². The van der Waals surface area contributed by atoms with E-state index in [1.165, 1.54) is 18.7 Å². The van der Waals surface area contributed by atoms with E-state index in [0.717, 1.165) is 0 Å². The number of amides is 3. The van der Waals surface area contributed by atoms with Gasteiger partial charge in [-0.25, -0.2) is 4.79 Å². The molecule has 0 radical (unpaired) electrons. The molecule has 4 atom stereocenters. The van der Waals surface area contributed by atoms with Crippen LogP contribution < -0.4 is 21.7 Å². The third kappa shape index (κ3) is 10.6. The van der Waals surface area contributed by atoms with Gasteiger partial charge in [-0.3, -0.25) is 24.0 Å². The van der Waals surface area contributed by atoms with Crippen molar-refractivity contribution >= 4 is 47.4 Å². The standard InChI is InChI=1S/C16H26N4O9S/c1-7(17)13(25)19-9(5-11(21)22)15(27)18-8(3-4-30-2)14(26)20-10(16(28)29)6-12(23)24/h7-10H,3-6,17H2,1-2H3,(H,18,27)(H,19,25)(H,20,26)(H,21,22)(H,23,24)(H,28,29). The number of carboxylic acids is 3. The highest BCUT2D eigenvalue weighted by Gasteiger charge is 2.31. The Kier molecular flexibility index (Phi) is 12.1. The average Bonchev–Trinajstić information content (AvgIpc) is 2.62. The van der Waals surface area contributed by atoms with Gasteiger partial charge in [0.2, 0.25) is 17.7 Å². The first-order valence-corrected chi connectivity index (χ1v) is 10.1. The summed E-state index contributed by atoms with van der Waals surface area (Å²) in [5, 5.41) is 33.3. The Labute approximate surface area is 176 Å². The van der Waals surface area contributed by atoms with E-state index in [9.17, 15) is 28.8 Å². The zero-order valence-corrected chi connectivity index (χ0v) is 17.2. The third-order valence-corrected chi connectivity index (χ3v) is 4.31. The van der Waals surface area contributed by atoms with Gasteiger partial charge in [0, 0.05) is 0 Å². The normalized spacial score (nSPS) is 14.5. The SMILES string of the molecule is CSCCC(NC(=O)C(CC(=O)O)NC(=O)C(C)N)C(=O)NC(CC(=O)O)C(=O)O. The number of nitrogens with two attached hydrogens (primary N) is 1. The van der Waals surface area contributed by atoms with Crippen LogP contribution in [0.3, 0.4) is 0 Å². The van der Waals surface area contributed by atoms with Crippen molar-refractivity contribution in [3.8, 4) is 0 Å². The Bertz CT molecular complexity index is 671. The van der Waals surface area contributed by atoms with E-state index in [-0.39, 0.29) is 6.42 Å². The number of carboxylic acid groups (broad SMARTS) is 3. The van der Waals surface area contributed by atoms with Crippen LogP contribution in [0.4, 0.5) is 0 Å². The molecule has 0 aromatic heterocycles. The van der Waals surface area contributed by atoms with Gasteiger partial charge in [-0.05, 0) is 25.4 Å². The van der Waals surface area contributed by atoms with Crippen LogP contribution in [0.25, 0.3) is 0 Å². The highest BCUT2D eigenvalue weighted by molar-refractivity contribution is 7.98. The van der Waals surface area contributed by atoms with Gasteiger partial charge in [0.05, 0.1) is 18.9 Å². The van der Waals surface area contributed by atoms with Crippen molar-refractivity contribution in [2.75, 3.05) is 12.0 Å². The summed E-state index contributed by atoms with van der Waals surface area (Å²) in [4.78, 5) is 69.6. The molecule has 0 rings (SSSR count). The fourth-order valence-corrected chi connectivity index (χ4v) is 2.58. The monoisotopic (exact) mass is 450 g/mol. The van der Waals surface area contributed by atoms with Crippen LogP contribution in [-0.4, -0.2) is 87.1 Å². The third-order valence-electron chi connectivity index (χ3n) is 3.66. The number of rotatable bonds is 14. The van der Waals surface area contributed by atoms with Crippen LogP contribution >= 0.6 is 11.8 Å². The Morgan fingerprint density at radius 2 is 1.23 bits per heavy atom. The number of aliphatic carboxylic acids is 3. The van der Waals surface area contributed by atoms with Gasteiger partial charge >= 0.3 is 17.9 Å². The minimum Gasteiger partial charge on any atom is -0.481 e. The predicted octanol–water partition coefficient (Wildman–Crippen LogP) is -2.42. The lowest BCUT2D eigenvalue weighted by molar-refractivity contribution is -0.147. The van der Waals surface area contributed by atoms with E-state index < -0.39 is 72.6 Å². The number of hydrogen-bond donors (Lipinski definition) is 7. The molecular formula is C16H26N4O9S. The van der Waals surface area contributed by atoms with Gasteiger partial charge in [0.15, 0.2) is 0 Å². The molecule has 30 heavy (non-hydrogen) atoms. The number of carbonyl (C=O) groups is 6. The highest BCUT2D eigenvalue weighted by atomic mass is 32.2. The molecule has 170 valence electrons. The summed E-state index contributed by atoms with van der Waals surface area (Å²) in [7, 11) is 0. The lowest BCUT2D eigenvalue weighted by Crippen LogP contribution is -2.57. The second kappa shape index (κ2) is 13.4. The van der Waals surface area contributed by atoms with Crippen molar-refractivity contribution in [3.63, 3.8) is 0 Å². The van der Waals surface area contributed by atoms with Gasteiger partial charge in [0.1, 0.15) is 18.1 Å². The largest absolute Gasteiger partial charge is 0.481 e. The van der Waals surface area contributed by atoms with Crippen molar-refractivity contribution in [3.05, 3.63) is 0 Å². The Morgan fingerprint density at radius 3 is 1.67 bits per heavy atom. The van der Waals surface area contributed by atoms with Crippen LogP contribution in [0, 0.1) is 0 Å². The minimum atomic E-state index is -1.73. The maximum atomic E-state index is 12.5. The summed E-state index contributed by atoms with van der Waals surface area (Å²) in [5.74, 6) is -6.78. The zero-order chi connectivity index (χ0) is 23.4. The van der Waals surface area contributed by atoms with Crippen molar-refractivity contribution in [1.29, 1.82) is 0 Å². The average molecular weight is 450 g/mol.